The van der Waals surface area contributed by atoms with Gasteiger partial charge in [0.2, 0.25) is 0 Å². The van der Waals surface area contributed by atoms with Gasteiger partial charge in [-0.25, -0.2) is 0 Å². The molecule has 0 heterocycles. The number of ketones is 1. The number of carbonyl (C=O) groups excluding carboxylic acids is 1. The van der Waals surface area contributed by atoms with Crippen molar-refractivity contribution in [2.45, 2.75) is 32.6 Å². The number of benzene rings is 1. The van der Waals surface area contributed by atoms with E-state index in [0.717, 1.165) is 12.0 Å². The number of phenolic OH excluding ortho intramolecular Hbond substituents is 1. The third-order valence-electron chi connectivity index (χ3n) is 3.28. The average molecular weight is 234 g/mol. The molecule has 1 aromatic rings. The molecule has 17 heavy (non-hydrogen) atoms. The molecule has 2 atom stereocenters. The van der Waals surface area contributed by atoms with E-state index >= 15 is 0 Å². The van der Waals surface area contributed by atoms with Crippen LogP contribution in [0.2, 0.25) is 0 Å². The Morgan fingerprint density at radius 3 is 2.88 bits per heavy atom. The minimum Gasteiger partial charge on any atom is -0.504 e. The van der Waals surface area contributed by atoms with Crippen molar-refractivity contribution in [1.29, 1.82) is 0 Å². The van der Waals surface area contributed by atoms with Gasteiger partial charge in [0, 0.05) is 17.9 Å². The maximum Gasteiger partial charge on any atom is 0.161 e. The van der Waals surface area contributed by atoms with Crippen molar-refractivity contribution in [1.82, 2.24) is 0 Å². The lowest BCUT2D eigenvalue weighted by molar-refractivity contribution is -0.120. The molecular weight excluding hydrogens is 216 g/mol. The van der Waals surface area contributed by atoms with E-state index in [9.17, 15) is 9.90 Å². The molecular formula is C14H18O3. The number of hydrogen-bond donors (Lipinski definition) is 1. The largest absolute Gasteiger partial charge is 0.504 e. The number of rotatable bonds is 5. The Balaban J connectivity index is 2.18. The standard InChI is InChI=1S/C14H18O3/c1-3-12(15)11-8-10(11)9-6-5-7-13(14(9)16)17-4-2/h5-7,10-11,16H,3-4,8H2,1-2H3. The molecule has 0 saturated heterocycles. The third kappa shape index (κ3) is 2.28. The van der Waals surface area contributed by atoms with Crippen molar-refractivity contribution in [3.8, 4) is 11.5 Å². The van der Waals surface area contributed by atoms with Crippen LogP contribution in [0, 0.1) is 5.92 Å². The van der Waals surface area contributed by atoms with Crippen LogP contribution in [0.1, 0.15) is 38.2 Å². The third-order valence-corrected chi connectivity index (χ3v) is 3.28. The van der Waals surface area contributed by atoms with E-state index < -0.39 is 0 Å². The zero-order valence-corrected chi connectivity index (χ0v) is 10.3. The van der Waals surface area contributed by atoms with E-state index in [0.29, 0.717) is 18.8 Å². The SMILES string of the molecule is CCOc1cccc(C2CC2C(=O)CC)c1O. The van der Waals surface area contributed by atoms with Crippen LogP contribution in [-0.2, 0) is 4.79 Å². The second-order valence-electron chi connectivity index (χ2n) is 4.40. The van der Waals surface area contributed by atoms with Crippen molar-refractivity contribution in [2.75, 3.05) is 6.61 Å². The highest BCUT2D eigenvalue weighted by atomic mass is 16.5. The maximum atomic E-state index is 11.6. The Kier molecular flexibility index (Phi) is 3.36. The average Bonchev–Trinajstić information content (AvgIpc) is 3.11. The van der Waals surface area contributed by atoms with Gasteiger partial charge in [0.25, 0.3) is 0 Å². The molecule has 2 unspecified atom stereocenters. The second-order valence-corrected chi connectivity index (χ2v) is 4.40. The first kappa shape index (κ1) is 12.0. The summed E-state index contributed by atoms with van der Waals surface area (Å²) in [6, 6.07) is 5.50. The van der Waals surface area contributed by atoms with E-state index in [1.165, 1.54) is 0 Å². The summed E-state index contributed by atoms with van der Waals surface area (Å²) < 4.78 is 5.34. The monoisotopic (exact) mass is 234 g/mol. The molecule has 1 N–H and O–H groups in total. The molecule has 0 radical (unpaired) electrons. The summed E-state index contributed by atoms with van der Waals surface area (Å²) in [5.41, 5.74) is 0.850. The molecule has 1 aliphatic carbocycles. The van der Waals surface area contributed by atoms with E-state index in [1.54, 1.807) is 6.07 Å². The van der Waals surface area contributed by atoms with Gasteiger partial charge in [0.15, 0.2) is 11.5 Å². The van der Waals surface area contributed by atoms with Gasteiger partial charge in [-0.2, -0.15) is 0 Å². The minimum atomic E-state index is 0.0998. The number of hydrogen-bond acceptors (Lipinski definition) is 3. The number of aromatic hydroxyl groups is 1. The van der Waals surface area contributed by atoms with Crippen LogP contribution in [-0.4, -0.2) is 17.5 Å². The highest BCUT2D eigenvalue weighted by Gasteiger charge is 2.44. The number of carbonyl (C=O) groups is 1. The zero-order valence-electron chi connectivity index (χ0n) is 10.3. The smallest absolute Gasteiger partial charge is 0.161 e. The highest BCUT2D eigenvalue weighted by molar-refractivity contribution is 5.85. The molecule has 1 saturated carbocycles. The second kappa shape index (κ2) is 4.78. The molecule has 0 spiro atoms. The van der Waals surface area contributed by atoms with Gasteiger partial charge >= 0.3 is 0 Å². The molecule has 0 aliphatic heterocycles. The van der Waals surface area contributed by atoms with E-state index in [4.69, 9.17) is 4.74 Å². The number of para-hydroxylation sites is 1. The first-order valence-electron chi connectivity index (χ1n) is 6.16. The van der Waals surface area contributed by atoms with Crippen LogP contribution in [0.5, 0.6) is 11.5 Å². The topological polar surface area (TPSA) is 46.5 Å². The van der Waals surface area contributed by atoms with Crippen molar-refractivity contribution < 1.29 is 14.6 Å². The van der Waals surface area contributed by atoms with Gasteiger partial charge in [-0.1, -0.05) is 19.1 Å². The lowest BCUT2D eigenvalue weighted by Crippen LogP contribution is -2.00. The Morgan fingerprint density at radius 1 is 1.47 bits per heavy atom. The van der Waals surface area contributed by atoms with E-state index in [1.807, 2.05) is 26.0 Å². The molecule has 1 aliphatic rings. The molecule has 2 rings (SSSR count). The Labute approximate surface area is 101 Å². The molecule has 92 valence electrons. The van der Waals surface area contributed by atoms with Crippen molar-refractivity contribution >= 4 is 5.78 Å². The van der Waals surface area contributed by atoms with Gasteiger partial charge in [0.1, 0.15) is 5.78 Å². The zero-order chi connectivity index (χ0) is 12.4. The summed E-state index contributed by atoms with van der Waals surface area (Å²) in [6.07, 6.45) is 1.43. The summed E-state index contributed by atoms with van der Waals surface area (Å²) in [5.74, 6) is 1.28. The van der Waals surface area contributed by atoms with Gasteiger partial charge in [0.05, 0.1) is 6.61 Å². The molecule has 0 bridgehead atoms. The summed E-state index contributed by atoms with van der Waals surface area (Å²) in [7, 11) is 0. The number of Topliss-reactive ketones (excluding diaryl/α,β-unsaturated/α-hetero) is 1. The predicted octanol–water partition coefficient (Wildman–Crippen LogP) is 2.87. The normalized spacial score (nSPS) is 22.2. The van der Waals surface area contributed by atoms with Crippen molar-refractivity contribution in [2.24, 2.45) is 5.92 Å². The van der Waals surface area contributed by atoms with Crippen molar-refractivity contribution in [3.05, 3.63) is 23.8 Å². The summed E-state index contributed by atoms with van der Waals surface area (Å²) >= 11 is 0. The molecule has 0 amide bonds. The Hall–Kier alpha value is -1.51. The van der Waals surface area contributed by atoms with E-state index in [2.05, 4.69) is 0 Å². The predicted molar refractivity (Wildman–Crippen MR) is 65.4 cm³/mol. The number of phenols is 1. The minimum absolute atomic E-state index is 0.0998. The maximum absolute atomic E-state index is 11.6. The van der Waals surface area contributed by atoms with Gasteiger partial charge in [-0.3, -0.25) is 4.79 Å². The lowest BCUT2D eigenvalue weighted by Gasteiger charge is -2.09. The van der Waals surface area contributed by atoms with Crippen LogP contribution in [0.25, 0.3) is 0 Å². The Bertz CT molecular complexity index is 425. The van der Waals surface area contributed by atoms with Crippen molar-refractivity contribution in [3.63, 3.8) is 0 Å². The Morgan fingerprint density at radius 2 is 2.24 bits per heavy atom. The number of ether oxygens (including phenoxy) is 1. The van der Waals surface area contributed by atoms with Crippen LogP contribution < -0.4 is 4.74 Å². The summed E-state index contributed by atoms with van der Waals surface area (Å²) in [6.45, 7) is 4.29. The van der Waals surface area contributed by atoms with Crippen LogP contribution in [0.15, 0.2) is 18.2 Å². The molecule has 3 heteroatoms. The fraction of sp³-hybridized carbons (Fsp3) is 0.500. The van der Waals surface area contributed by atoms with Gasteiger partial charge < -0.3 is 9.84 Å². The fourth-order valence-electron chi connectivity index (χ4n) is 2.27. The summed E-state index contributed by atoms with van der Waals surface area (Å²) in [4.78, 5) is 11.6. The van der Waals surface area contributed by atoms with Crippen LogP contribution in [0.3, 0.4) is 0 Å². The summed E-state index contributed by atoms with van der Waals surface area (Å²) in [5, 5.41) is 10.1. The van der Waals surface area contributed by atoms with Crippen LogP contribution in [0.4, 0.5) is 0 Å². The fourth-order valence-corrected chi connectivity index (χ4v) is 2.27. The molecule has 1 fully saturated rings. The van der Waals surface area contributed by atoms with Gasteiger partial charge in [-0.05, 0) is 25.3 Å². The molecule has 3 nitrogen and oxygen atoms in total. The van der Waals surface area contributed by atoms with Gasteiger partial charge in [-0.15, -0.1) is 0 Å². The first-order valence-corrected chi connectivity index (χ1v) is 6.16. The molecule has 1 aromatic carbocycles. The van der Waals surface area contributed by atoms with E-state index in [-0.39, 0.29) is 23.4 Å². The highest BCUT2D eigenvalue weighted by Crippen LogP contribution is 2.52. The first-order chi connectivity index (χ1) is 8.19. The quantitative estimate of drug-likeness (QED) is 0.852. The van der Waals surface area contributed by atoms with Crippen LogP contribution >= 0.6 is 0 Å². The lowest BCUT2D eigenvalue weighted by atomic mass is 10.0. The molecule has 0 aromatic heterocycles.